The molecule has 28 heavy (non-hydrogen) atoms. The summed E-state index contributed by atoms with van der Waals surface area (Å²) in [6, 6.07) is 0. The molecule has 0 heterocycles. The molecule has 150 valence electrons. The van der Waals surface area contributed by atoms with E-state index in [0.29, 0.717) is 23.7 Å². The van der Waals surface area contributed by atoms with Crippen molar-refractivity contribution in [2.75, 3.05) is 0 Å². The summed E-state index contributed by atoms with van der Waals surface area (Å²) in [5, 5.41) is 0. The molecule has 0 heteroatoms. The summed E-state index contributed by atoms with van der Waals surface area (Å²) in [7, 11) is 0. The van der Waals surface area contributed by atoms with Gasteiger partial charge in [0.2, 0.25) is 0 Å². The van der Waals surface area contributed by atoms with Crippen molar-refractivity contribution in [2.45, 2.75) is 92.9 Å². The quantitative estimate of drug-likeness (QED) is 0.461. The van der Waals surface area contributed by atoms with Crippen molar-refractivity contribution in [3.05, 3.63) is 55.7 Å². The highest BCUT2D eigenvalue weighted by molar-refractivity contribution is 5.70. The Morgan fingerprint density at radius 3 is 0.821 bits per heavy atom. The van der Waals surface area contributed by atoms with Gasteiger partial charge in [0.05, 0.1) is 0 Å². The van der Waals surface area contributed by atoms with Gasteiger partial charge in [0, 0.05) is 23.7 Å². The highest BCUT2D eigenvalue weighted by Crippen LogP contribution is 2.69. The molecule has 0 fully saturated rings. The molecule has 2 unspecified atom stereocenters. The molecule has 1 aromatic rings. The first kappa shape index (κ1) is 18.7. The molecule has 0 radical (unpaired) electrons. The monoisotopic (exact) mass is 374 g/mol. The smallest absolute Gasteiger partial charge is 0.00936 e. The van der Waals surface area contributed by atoms with Gasteiger partial charge >= 0.3 is 0 Å². The van der Waals surface area contributed by atoms with Crippen LogP contribution in [0, 0.1) is 37.5 Å². The first-order chi connectivity index (χ1) is 13.1. The standard InChI is InChI=1S/C28H38/c1-11(2)19-21-13(5)14(6)22(19)26-18(10)28-24-16(8)15(7)23(20(24)12(3)4)27(28)17(9)25(21)26/h11-12,19-24H,1-10H3/t19?,20?,21-,22-,23-,24+/m0/s1. The lowest BCUT2D eigenvalue weighted by molar-refractivity contribution is 0.353. The van der Waals surface area contributed by atoms with Crippen LogP contribution in [-0.4, -0.2) is 0 Å². The highest BCUT2D eigenvalue weighted by Gasteiger charge is 2.56. The van der Waals surface area contributed by atoms with Crippen LogP contribution in [0.5, 0.6) is 0 Å². The van der Waals surface area contributed by atoms with Crippen LogP contribution in [0.4, 0.5) is 0 Å². The zero-order valence-electron chi connectivity index (χ0n) is 19.6. The van der Waals surface area contributed by atoms with Crippen LogP contribution in [0.1, 0.15) is 112 Å². The fourth-order valence-corrected chi connectivity index (χ4v) is 8.40. The summed E-state index contributed by atoms with van der Waals surface area (Å²) >= 11 is 0. The Bertz CT molecular complexity index is 820. The van der Waals surface area contributed by atoms with Gasteiger partial charge < -0.3 is 0 Å². The van der Waals surface area contributed by atoms with E-state index in [0.717, 1.165) is 23.7 Å². The molecule has 6 atom stereocenters. The lowest BCUT2D eigenvalue weighted by Gasteiger charge is -2.30. The zero-order chi connectivity index (χ0) is 20.4. The second-order valence-corrected chi connectivity index (χ2v) is 11.2. The Morgan fingerprint density at radius 1 is 0.429 bits per heavy atom. The van der Waals surface area contributed by atoms with Gasteiger partial charge in [0.1, 0.15) is 0 Å². The molecule has 4 aliphatic rings. The van der Waals surface area contributed by atoms with Crippen LogP contribution in [-0.2, 0) is 0 Å². The minimum absolute atomic E-state index is 0.672. The van der Waals surface area contributed by atoms with Gasteiger partial charge in [-0.25, -0.2) is 0 Å². The number of rotatable bonds is 2. The van der Waals surface area contributed by atoms with Crippen molar-refractivity contribution in [1.29, 1.82) is 0 Å². The van der Waals surface area contributed by atoms with E-state index >= 15 is 0 Å². The summed E-state index contributed by atoms with van der Waals surface area (Å²) < 4.78 is 0. The number of hydrogen-bond acceptors (Lipinski definition) is 0. The molecular formula is C28H38. The SMILES string of the molecule is CC1=C(C)[C@@H]2c3c(C)c4c(c(C)c3[C@@H]1C2C(C)C)[C@H]1C(C)=C(C)[C@@H]4C1C(C)C. The Balaban J connectivity index is 1.80. The maximum Gasteiger partial charge on any atom is 0.00936 e. The van der Waals surface area contributed by atoms with Crippen molar-refractivity contribution in [3.63, 3.8) is 0 Å². The number of fused-ring (bicyclic) bond motifs is 10. The summed E-state index contributed by atoms with van der Waals surface area (Å²) in [5.74, 6) is 5.73. The van der Waals surface area contributed by atoms with E-state index < -0.39 is 0 Å². The van der Waals surface area contributed by atoms with Crippen LogP contribution < -0.4 is 0 Å². The van der Waals surface area contributed by atoms with E-state index in [1.165, 1.54) is 0 Å². The summed E-state index contributed by atoms with van der Waals surface area (Å²) in [6.07, 6.45) is 0. The van der Waals surface area contributed by atoms with Gasteiger partial charge in [-0.15, -0.1) is 0 Å². The normalized spacial score (nSPS) is 35.1. The van der Waals surface area contributed by atoms with Gasteiger partial charge in [-0.1, -0.05) is 50.0 Å². The van der Waals surface area contributed by atoms with Crippen molar-refractivity contribution in [3.8, 4) is 0 Å². The Labute approximate surface area is 172 Å². The third-order valence-electron chi connectivity index (χ3n) is 9.63. The van der Waals surface area contributed by atoms with Gasteiger partial charge in [0.25, 0.3) is 0 Å². The molecule has 0 spiro atoms. The van der Waals surface area contributed by atoms with Gasteiger partial charge in [-0.05, 0) is 98.6 Å². The zero-order valence-corrected chi connectivity index (χ0v) is 19.6. The van der Waals surface area contributed by atoms with E-state index in [1.54, 1.807) is 55.7 Å². The molecule has 0 nitrogen and oxygen atoms in total. The highest BCUT2D eigenvalue weighted by atomic mass is 14.6. The maximum atomic E-state index is 2.48. The average molecular weight is 375 g/mol. The largest absolute Gasteiger partial charge is 0.0659 e. The van der Waals surface area contributed by atoms with Gasteiger partial charge in [-0.3, -0.25) is 0 Å². The summed E-state index contributed by atoms with van der Waals surface area (Å²) in [4.78, 5) is 0. The first-order valence-corrected chi connectivity index (χ1v) is 11.6. The lowest BCUT2D eigenvalue weighted by atomic mass is 9.74. The predicted octanol–water partition coefficient (Wildman–Crippen LogP) is 7.91. The Kier molecular flexibility index (Phi) is 3.77. The van der Waals surface area contributed by atoms with E-state index in [1.807, 2.05) is 0 Å². The van der Waals surface area contributed by atoms with Gasteiger partial charge in [0.15, 0.2) is 0 Å². The third-order valence-corrected chi connectivity index (χ3v) is 9.63. The molecule has 0 aliphatic heterocycles. The molecule has 0 amide bonds. The van der Waals surface area contributed by atoms with Crippen molar-refractivity contribution >= 4 is 0 Å². The second kappa shape index (κ2) is 5.65. The van der Waals surface area contributed by atoms with Crippen LogP contribution >= 0.6 is 0 Å². The molecule has 4 aliphatic carbocycles. The maximum absolute atomic E-state index is 2.48. The molecule has 1 aromatic carbocycles. The number of allylic oxidation sites excluding steroid dienone is 4. The van der Waals surface area contributed by atoms with Crippen LogP contribution in [0.2, 0.25) is 0 Å². The molecule has 0 N–H and O–H groups in total. The molecule has 5 rings (SSSR count). The molecule has 0 aromatic heterocycles. The van der Waals surface area contributed by atoms with Crippen molar-refractivity contribution in [2.24, 2.45) is 23.7 Å². The van der Waals surface area contributed by atoms with E-state index in [-0.39, 0.29) is 0 Å². The fraction of sp³-hybridized carbons (Fsp3) is 0.643. The second-order valence-electron chi connectivity index (χ2n) is 11.2. The summed E-state index contributed by atoms with van der Waals surface area (Å²) in [6.45, 7) is 24.5. The third kappa shape index (κ3) is 1.85. The number of benzene rings is 1. The van der Waals surface area contributed by atoms with E-state index in [2.05, 4.69) is 69.2 Å². The molecule has 4 bridgehead atoms. The fourth-order valence-electron chi connectivity index (χ4n) is 8.40. The minimum atomic E-state index is 0.672. The van der Waals surface area contributed by atoms with E-state index in [9.17, 15) is 0 Å². The average Bonchev–Trinajstić information content (AvgIpc) is 3.29. The molecule has 0 saturated heterocycles. The lowest BCUT2D eigenvalue weighted by Crippen LogP contribution is -2.15. The molecular weight excluding hydrogens is 336 g/mol. The minimum Gasteiger partial charge on any atom is -0.0659 e. The van der Waals surface area contributed by atoms with Crippen molar-refractivity contribution in [1.82, 2.24) is 0 Å². The first-order valence-electron chi connectivity index (χ1n) is 11.6. The van der Waals surface area contributed by atoms with E-state index in [4.69, 9.17) is 0 Å². The van der Waals surface area contributed by atoms with Crippen LogP contribution in [0.15, 0.2) is 22.3 Å². The predicted molar refractivity (Wildman–Crippen MR) is 120 cm³/mol. The summed E-state index contributed by atoms with van der Waals surface area (Å²) in [5.41, 5.74) is 17.1. The van der Waals surface area contributed by atoms with Gasteiger partial charge in [-0.2, -0.15) is 0 Å². The van der Waals surface area contributed by atoms with Crippen LogP contribution in [0.3, 0.4) is 0 Å². The Morgan fingerprint density at radius 2 is 0.643 bits per heavy atom. The Hall–Kier alpha value is -1.30. The number of hydrogen-bond donors (Lipinski definition) is 0. The van der Waals surface area contributed by atoms with Crippen molar-refractivity contribution < 1.29 is 0 Å². The van der Waals surface area contributed by atoms with Crippen LogP contribution in [0.25, 0.3) is 0 Å². The molecule has 0 saturated carbocycles. The topological polar surface area (TPSA) is 0 Å².